The van der Waals surface area contributed by atoms with Crippen LogP contribution in [-0.2, 0) is 0 Å². The van der Waals surface area contributed by atoms with E-state index in [1.54, 1.807) is 0 Å². The highest BCUT2D eigenvalue weighted by Gasteiger charge is 2.32. The van der Waals surface area contributed by atoms with Crippen LogP contribution in [0.25, 0.3) is 0 Å². The zero-order chi connectivity index (χ0) is 12.7. The first kappa shape index (κ1) is 14.3. The smallest absolute Gasteiger partial charge is 0.0621 e. The molecule has 1 heteroatoms. The van der Waals surface area contributed by atoms with Crippen LogP contribution in [0.5, 0.6) is 0 Å². The number of hydrogen-bond donors (Lipinski definition) is 0. The van der Waals surface area contributed by atoms with Crippen molar-refractivity contribution >= 4 is 0 Å². The lowest BCUT2D eigenvalue weighted by molar-refractivity contribution is 0.113. The predicted octanol–water partition coefficient (Wildman–Crippen LogP) is 5.09. The van der Waals surface area contributed by atoms with Crippen LogP contribution in [0, 0.1) is 28.6 Å². The second kappa shape index (κ2) is 6.84. The van der Waals surface area contributed by atoms with E-state index in [2.05, 4.69) is 39.0 Å². The van der Waals surface area contributed by atoms with Crippen LogP contribution < -0.4 is 0 Å². The maximum atomic E-state index is 8.43. The van der Waals surface area contributed by atoms with Crippen molar-refractivity contribution in [1.82, 2.24) is 0 Å². The molecule has 1 fully saturated rings. The van der Waals surface area contributed by atoms with Gasteiger partial charge in [-0.3, -0.25) is 0 Å². The van der Waals surface area contributed by atoms with E-state index in [4.69, 9.17) is 5.26 Å². The van der Waals surface area contributed by atoms with E-state index in [-0.39, 0.29) is 0 Å². The molecule has 1 nitrogen and oxygen atoms in total. The molecule has 0 amide bonds. The van der Waals surface area contributed by atoms with Crippen molar-refractivity contribution in [3.8, 4) is 6.07 Å². The first-order valence-electron chi connectivity index (χ1n) is 7.08. The number of allylic oxidation sites excluding steroid dienone is 2. The van der Waals surface area contributed by atoms with Gasteiger partial charge in [0.15, 0.2) is 0 Å². The van der Waals surface area contributed by atoms with Crippen molar-refractivity contribution in [3.63, 3.8) is 0 Å². The summed E-state index contributed by atoms with van der Waals surface area (Å²) in [7, 11) is 0. The van der Waals surface area contributed by atoms with Crippen molar-refractivity contribution in [2.75, 3.05) is 0 Å². The van der Waals surface area contributed by atoms with E-state index in [1.165, 1.54) is 25.7 Å². The van der Waals surface area contributed by atoms with E-state index >= 15 is 0 Å². The second-order valence-electron chi connectivity index (χ2n) is 6.29. The van der Waals surface area contributed by atoms with Crippen LogP contribution in [-0.4, -0.2) is 0 Å². The Morgan fingerprint density at radius 2 is 2.12 bits per heavy atom. The first-order valence-corrected chi connectivity index (χ1v) is 7.08. The van der Waals surface area contributed by atoms with Gasteiger partial charge in [-0.2, -0.15) is 5.26 Å². The van der Waals surface area contributed by atoms with E-state index in [9.17, 15) is 0 Å². The average molecular weight is 233 g/mol. The van der Waals surface area contributed by atoms with Gasteiger partial charge in [-0.05, 0) is 55.8 Å². The molecule has 0 aromatic rings. The molecular weight excluding hydrogens is 206 g/mol. The lowest BCUT2D eigenvalue weighted by Crippen LogP contribution is -2.29. The topological polar surface area (TPSA) is 23.8 Å². The molecule has 0 radical (unpaired) electrons. The first-order chi connectivity index (χ1) is 8.06. The molecule has 0 heterocycles. The normalized spacial score (nSPS) is 28.1. The third kappa shape index (κ3) is 4.94. The fourth-order valence-electron chi connectivity index (χ4n) is 2.68. The summed E-state index contributed by atoms with van der Waals surface area (Å²) >= 11 is 0. The molecule has 0 spiro atoms. The minimum absolute atomic E-state index is 0.549. The maximum Gasteiger partial charge on any atom is 0.0621 e. The zero-order valence-electron chi connectivity index (χ0n) is 11.7. The quantitative estimate of drug-likeness (QED) is 0.479. The van der Waals surface area contributed by atoms with Crippen LogP contribution in [0.3, 0.4) is 0 Å². The lowest BCUT2D eigenvalue weighted by atomic mass is 9.66. The van der Waals surface area contributed by atoms with E-state index < -0.39 is 0 Å². The predicted molar refractivity (Wildman–Crippen MR) is 73.5 cm³/mol. The molecule has 0 N–H and O–H groups in total. The molecule has 0 aromatic heterocycles. The molecule has 96 valence electrons. The Balaban J connectivity index is 2.19. The molecular formula is C16H27N. The summed E-state index contributed by atoms with van der Waals surface area (Å²) in [6, 6.07) is 2.19. The minimum Gasteiger partial charge on any atom is -0.198 e. The molecule has 0 saturated heterocycles. The molecule has 1 rings (SSSR count). The van der Waals surface area contributed by atoms with E-state index in [0.717, 1.165) is 24.7 Å². The van der Waals surface area contributed by atoms with Gasteiger partial charge >= 0.3 is 0 Å². The molecule has 0 aliphatic heterocycles. The van der Waals surface area contributed by atoms with Gasteiger partial charge in [-0.15, -0.1) is 0 Å². The van der Waals surface area contributed by atoms with Gasteiger partial charge in [-0.25, -0.2) is 0 Å². The summed E-state index contributed by atoms with van der Waals surface area (Å²) in [5, 5.41) is 8.43. The van der Waals surface area contributed by atoms with Gasteiger partial charge in [0.2, 0.25) is 0 Å². The van der Waals surface area contributed by atoms with Crippen molar-refractivity contribution in [2.45, 2.75) is 65.7 Å². The number of nitriles is 1. The second-order valence-corrected chi connectivity index (χ2v) is 6.29. The van der Waals surface area contributed by atoms with Crippen molar-refractivity contribution in [3.05, 3.63) is 12.2 Å². The largest absolute Gasteiger partial charge is 0.198 e. The Labute approximate surface area is 107 Å². The summed E-state index contributed by atoms with van der Waals surface area (Å²) in [5.74, 6) is 1.75. The Kier molecular flexibility index (Phi) is 5.75. The molecule has 0 aromatic carbocycles. The summed E-state index contributed by atoms with van der Waals surface area (Å²) < 4.78 is 0. The van der Waals surface area contributed by atoms with Gasteiger partial charge in [0.25, 0.3) is 0 Å². The van der Waals surface area contributed by atoms with Gasteiger partial charge < -0.3 is 0 Å². The molecule has 1 unspecified atom stereocenters. The molecule has 17 heavy (non-hydrogen) atoms. The van der Waals surface area contributed by atoms with Crippen LogP contribution in [0.2, 0.25) is 0 Å². The van der Waals surface area contributed by atoms with Crippen molar-refractivity contribution in [1.29, 1.82) is 5.26 Å². The fraction of sp³-hybridized carbons (Fsp3) is 0.812. The lowest BCUT2D eigenvalue weighted by Gasteiger charge is -2.40. The third-order valence-corrected chi connectivity index (χ3v) is 4.51. The fourth-order valence-corrected chi connectivity index (χ4v) is 2.68. The molecule has 2 atom stereocenters. The highest BCUT2D eigenvalue weighted by atomic mass is 14.4. The zero-order valence-corrected chi connectivity index (χ0v) is 11.7. The SMILES string of the molecule is C[C@H]1CC(C/C=C\CCCC#N)CCC1(C)C. The molecule has 0 bridgehead atoms. The van der Waals surface area contributed by atoms with Gasteiger partial charge in [-0.1, -0.05) is 32.9 Å². The van der Waals surface area contributed by atoms with Gasteiger partial charge in [0.05, 0.1) is 6.07 Å². The van der Waals surface area contributed by atoms with Gasteiger partial charge in [0, 0.05) is 6.42 Å². The summed E-state index contributed by atoms with van der Waals surface area (Å²) in [5.41, 5.74) is 0.549. The standard InChI is InChI=1S/C16H27N/c1-14-13-15(10-11-16(14,2)3)9-7-5-4-6-8-12-17/h5,7,14-15H,4,6,8-11,13H2,1-3H3/b7-5-/t14-,15?/m0/s1. The van der Waals surface area contributed by atoms with Crippen molar-refractivity contribution in [2.24, 2.45) is 17.3 Å². The summed E-state index contributed by atoms with van der Waals surface area (Å²) in [4.78, 5) is 0. The van der Waals surface area contributed by atoms with Crippen LogP contribution in [0.15, 0.2) is 12.2 Å². The van der Waals surface area contributed by atoms with E-state index in [0.29, 0.717) is 11.8 Å². The van der Waals surface area contributed by atoms with Gasteiger partial charge in [0.1, 0.15) is 0 Å². The third-order valence-electron chi connectivity index (χ3n) is 4.51. The van der Waals surface area contributed by atoms with Crippen LogP contribution in [0.4, 0.5) is 0 Å². The number of rotatable bonds is 5. The Morgan fingerprint density at radius 3 is 2.76 bits per heavy atom. The Hall–Kier alpha value is -0.770. The monoisotopic (exact) mass is 233 g/mol. The average Bonchev–Trinajstić information content (AvgIpc) is 2.28. The molecule has 1 aliphatic carbocycles. The highest BCUT2D eigenvalue weighted by Crippen LogP contribution is 2.43. The number of unbranched alkanes of at least 4 members (excludes halogenated alkanes) is 2. The van der Waals surface area contributed by atoms with Crippen molar-refractivity contribution < 1.29 is 0 Å². The summed E-state index contributed by atoms with van der Waals surface area (Å²) in [6.07, 6.45) is 12.8. The minimum atomic E-state index is 0.549. The molecule has 1 saturated carbocycles. The number of hydrogen-bond acceptors (Lipinski definition) is 1. The molecule has 1 aliphatic rings. The number of nitrogens with zero attached hydrogens (tertiary/aromatic N) is 1. The maximum absolute atomic E-state index is 8.43. The summed E-state index contributed by atoms with van der Waals surface area (Å²) in [6.45, 7) is 7.22. The van der Waals surface area contributed by atoms with Crippen LogP contribution >= 0.6 is 0 Å². The Morgan fingerprint density at radius 1 is 1.35 bits per heavy atom. The van der Waals surface area contributed by atoms with Crippen LogP contribution in [0.1, 0.15) is 65.7 Å². The highest BCUT2D eigenvalue weighted by molar-refractivity contribution is 4.90. The van der Waals surface area contributed by atoms with E-state index in [1.807, 2.05) is 0 Å². The Bertz CT molecular complexity index is 282.